The maximum absolute atomic E-state index is 12.4. The van der Waals surface area contributed by atoms with E-state index in [1.54, 1.807) is 36.5 Å². The minimum Gasteiger partial charge on any atom is -0.478 e. The molecular formula is C37H41B2Cl2N8O8. The van der Waals surface area contributed by atoms with Crippen LogP contribution in [-0.4, -0.2) is 90.8 Å². The molecule has 0 atom stereocenters. The van der Waals surface area contributed by atoms with Crippen LogP contribution < -0.4 is 31.8 Å². The van der Waals surface area contributed by atoms with Gasteiger partial charge >= 0.3 is 14.5 Å². The molecule has 1 saturated heterocycles. The Labute approximate surface area is 340 Å². The number of nitrogens with two attached hydrogens (primary N) is 1. The summed E-state index contributed by atoms with van der Waals surface area (Å²) in [6.07, 6.45) is 5.53. The van der Waals surface area contributed by atoms with Crippen LogP contribution in [0.15, 0.2) is 76.1 Å². The summed E-state index contributed by atoms with van der Waals surface area (Å²) in [5.41, 5.74) is 7.79. The third kappa shape index (κ3) is 11.4. The lowest BCUT2D eigenvalue weighted by Crippen LogP contribution is -2.41. The molecule has 57 heavy (non-hydrogen) atoms. The number of rotatable bonds is 14. The highest BCUT2D eigenvalue weighted by Crippen LogP contribution is 2.37. The van der Waals surface area contributed by atoms with E-state index >= 15 is 0 Å². The first-order chi connectivity index (χ1) is 27.0. The van der Waals surface area contributed by atoms with Gasteiger partial charge in [0.15, 0.2) is 11.4 Å². The minimum absolute atomic E-state index is 0.0225. The quantitative estimate of drug-likeness (QED) is 0.0606. The molecule has 20 heteroatoms. The molecule has 3 aromatic heterocycles. The van der Waals surface area contributed by atoms with Crippen LogP contribution in [0.5, 0.6) is 5.88 Å². The van der Waals surface area contributed by atoms with Crippen molar-refractivity contribution in [3.8, 4) is 17.0 Å². The van der Waals surface area contributed by atoms with E-state index in [9.17, 15) is 14.4 Å². The maximum Gasteiger partial charge on any atom is 0.494 e. The van der Waals surface area contributed by atoms with Crippen LogP contribution in [0.1, 0.15) is 55.1 Å². The summed E-state index contributed by atoms with van der Waals surface area (Å²) in [5, 5.41) is 8.64. The second-order valence-electron chi connectivity index (χ2n) is 13.9. The normalized spacial score (nSPS) is 14.0. The van der Waals surface area contributed by atoms with Crippen molar-refractivity contribution in [2.24, 2.45) is 0 Å². The molecule has 1 radical (unpaired) electrons. The van der Waals surface area contributed by atoms with Crippen molar-refractivity contribution in [3.63, 3.8) is 0 Å². The average molecular weight is 818 g/mol. The topological polar surface area (TPSA) is 209 Å². The lowest BCUT2D eigenvalue weighted by atomic mass is 9.79. The molecule has 0 saturated carbocycles. The van der Waals surface area contributed by atoms with Crippen LogP contribution in [0.2, 0.25) is 10.0 Å². The van der Waals surface area contributed by atoms with E-state index in [1.807, 2.05) is 60.0 Å². The molecule has 6 rings (SSSR count). The van der Waals surface area contributed by atoms with E-state index in [4.69, 9.17) is 51.8 Å². The Morgan fingerprint density at radius 3 is 2.11 bits per heavy atom. The molecular weight excluding hydrogens is 777 g/mol. The minimum atomic E-state index is -0.584. The molecule has 297 valence electrons. The second kappa shape index (κ2) is 18.7. The van der Waals surface area contributed by atoms with Crippen LogP contribution in [0.3, 0.4) is 0 Å². The van der Waals surface area contributed by atoms with E-state index < -0.39 is 30.1 Å². The van der Waals surface area contributed by atoms with Gasteiger partial charge in [-0.25, -0.2) is 4.98 Å². The number of nitrogens with one attached hydrogen (secondary N) is 3. The van der Waals surface area contributed by atoms with Crippen molar-refractivity contribution in [3.05, 3.63) is 88.7 Å². The van der Waals surface area contributed by atoms with Gasteiger partial charge in [-0.1, -0.05) is 35.3 Å². The molecule has 16 nitrogen and oxygen atoms in total. The number of carbonyl (C=O) groups is 3. The molecule has 5 N–H and O–H groups in total. The zero-order chi connectivity index (χ0) is 41.3. The number of halogens is 2. The Kier molecular flexibility index (Phi) is 14.0. The van der Waals surface area contributed by atoms with Crippen LogP contribution in [-0.2, 0) is 14.1 Å². The zero-order valence-corrected chi connectivity index (χ0v) is 33.6. The third-order valence-electron chi connectivity index (χ3n) is 8.81. The van der Waals surface area contributed by atoms with E-state index in [2.05, 4.69) is 35.7 Å². The van der Waals surface area contributed by atoms with Crippen molar-refractivity contribution in [2.45, 2.75) is 45.3 Å². The second-order valence-corrected chi connectivity index (χ2v) is 14.7. The first-order valence-corrected chi connectivity index (χ1v) is 18.3. The SMILES string of the molecule is CC1(C)OB(c2ccc(Cl)c(NC(=O)c3coc(N[B]C=O)n3)c2)OC1(C)C.CN(C)CCCOc1ccc(-c2ccc(Cl)c(NC(=O)c3coc(N)n3)c2)cn1. The van der Waals surface area contributed by atoms with Gasteiger partial charge in [-0.05, 0) is 89.6 Å². The Bertz CT molecular complexity index is 2170. The van der Waals surface area contributed by atoms with Crippen molar-refractivity contribution in [1.29, 1.82) is 0 Å². The average Bonchev–Trinajstić information content (AvgIpc) is 3.88. The summed E-state index contributed by atoms with van der Waals surface area (Å²) in [5.74, 6) is -0.418. The van der Waals surface area contributed by atoms with Gasteiger partial charge < -0.3 is 54.2 Å². The Balaban J connectivity index is 0.000000218. The molecule has 0 aliphatic carbocycles. The Morgan fingerprint density at radius 1 is 0.895 bits per heavy atom. The molecule has 0 bridgehead atoms. The van der Waals surface area contributed by atoms with Gasteiger partial charge in [0.1, 0.15) is 18.7 Å². The number of anilines is 4. The molecule has 1 aliphatic heterocycles. The highest BCUT2D eigenvalue weighted by Gasteiger charge is 2.51. The number of hydrogen-bond donors (Lipinski definition) is 4. The monoisotopic (exact) mass is 817 g/mol. The molecule has 1 fully saturated rings. The number of amides is 2. The van der Waals surface area contributed by atoms with Gasteiger partial charge in [0.25, 0.3) is 23.8 Å². The molecule has 0 unspecified atom stereocenters. The molecule has 4 heterocycles. The van der Waals surface area contributed by atoms with Crippen LogP contribution >= 0.6 is 23.2 Å². The number of pyridine rings is 1. The van der Waals surface area contributed by atoms with Gasteiger partial charge in [-0.2, -0.15) is 9.97 Å². The Morgan fingerprint density at radius 2 is 1.51 bits per heavy atom. The van der Waals surface area contributed by atoms with Crippen molar-refractivity contribution in [1.82, 2.24) is 19.9 Å². The fraction of sp³-hybridized carbons (Fsp3) is 0.297. The van der Waals surface area contributed by atoms with Gasteiger partial charge in [0, 0.05) is 24.4 Å². The summed E-state index contributed by atoms with van der Waals surface area (Å²) in [6, 6.07) is 14.1. The number of hydrogen-bond acceptors (Lipinski definition) is 14. The van der Waals surface area contributed by atoms with Gasteiger partial charge in [-0.3, -0.25) is 9.59 Å². The number of aromatic nitrogens is 3. The van der Waals surface area contributed by atoms with E-state index in [1.165, 1.54) is 12.5 Å². The lowest BCUT2D eigenvalue weighted by molar-refractivity contribution is 0.00578. The van der Waals surface area contributed by atoms with E-state index in [-0.39, 0.29) is 23.4 Å². The fourth-order valence-corrected chi connectivity index (χ4v) is 5.40. The highest BCUT2D eigenvalue weighted by molar-refractivity contribution is 6.69. The first-order valence-electron chi connectivity index (χ1n) is 17.6. The zero-order valence-electron chi connectivity index (χ0n) is 32.1. The van der Waals surface area contributed by atoms with Gasteiger partial charge in [0.05, 0.1) is 39.2 Å². The smallest absolute Gasteiger partial charge is 0.478 e. The maximum atomic E-state index is 12.4. The summed E-state index contributed by atoms with van der Waals surface area (Å²) in [6.45, 7) is 9.41. The molecule has 0 spiro atoms. The van der Waals surface area contributed by atoms with Gasteiger partial charge in [0.2, 0.25) is 5.88 Å². The molecule has 5 aromatic rings. The fourth-order valence-electron chi connectivity index (χ4n) is 5.07. The third-order valence-corrected chi connectivity index (χ3v) is 9.47. The van der Waals surface area contributed by atoms with Crippen molar-refractivity contribution >= 4 is 84.6 Å². The number of nitrogens with zero attached hydrogens (tertiary/aromatic N) is 4. The molecule has 2 aromatic carbocycles. The lowest BCUT2D eigenvalue weighted by Gasteiger charge is -2.32. The summed E-state index contributed by atoms with van der Waals surface area (Å²) >= 11 is 12.4. The van der Waals surface area contributed by atoms with Gasteiger partial charge in [-0.15, -0.1) is 0 Å². The van der Waals surface area contributed by atoms with Crippen molar-refractivity contribution < 1.29 is 37.3 Å². The molecule has 1 aliphatic rings. The number of ether oxygens (including phenoxy) is 1. The predicted octanol–water partition coefficient (Wildman–Crippen LogP) is 5.66. The van der Waals surface area contributed by atoms with E-state index in [0.29, 0.717) is 40.1 Å². The van der Waals surface area contributed by atoms with Crippen LogP contribution in [0.25, 0.3) is 11.1 Å². The van der Waals surface area contributed by atoms with Crippen molar-refractivity contribution in [2.75, 3.05) is 48.8 Å². The Hall–Kier alpha value is -5.39. The largest absolute Gasteiger partial charge is 0.494 e. The number of nitrogen functional groups attached to an aromatic ring is 1. The summed E-state index contributed by atoms with van der Waals surface area (Å²) in [7, 11) is 4.56. The number of carbonyl (C=O) groups excluding carboxylic acids is 3. The standard InChI is InChI=1S/C20H22ClN5O3.C17H19B2ClN3O5/c1-26(2)8-3-9-28-18-7-5-14(11-23-18)13-4-6-15(21)16(10-13)24-19(27)17-12-29-20(22)25-17;1-16(2)17(3,4)28-19(27-16)10-5-6-11(20)12(7-10)21-14(25)13-8-26-15(22-13)23-18-9-24/h4-7,10-12H,3,8-9H2,1-2H3,(H2,22,25)(H,24,27);5-9H,1-4H3,(H,21,25)(H,22,23). The van der Waals surface area contributed by atoms with Crippen LogP contribution in [0, 0.1) is 0 Å². The summed E-state index contributed by atoms with van der Waals surface area (Å²) < 4.78 is 27.6. The summed E-state index contributed by atoms with van der Waals surface area (Å²) in [4.78, 5) is 49.2. The highest BCUT2D eigenvalue weighted by atomic mass is 35.5. The first kappa shape index (κ1) is 42.7. The number of benzene rings is 2. The number of oxazole rings is 2. The van der Waals surface area contributed by atoms with E-state index in [0.717, 1.165) is 37.0 Å². The molecule has 2 amide bonds. The van der Waals surface area contributed by atoms with Crippen LogP contribution in [0.4, 0.5) is 23.4 Å². The predicted molar refractivity (Wildman–Crippen MR) is 220 cm³/mol.